The zero-order valence-corrected chi connectivity index (χ0v) is 9.39. The molecule has 0 bridgehead atoms. The average Bonchev–Trinajstić information content (AvgIpc) is 2.72. The summed E-state index contributed by atoms with van der Waals surface area (Å²) in [5, 5.41) is 12.2. The van der Waals surface area contributed by atoms with Gasteiger partial charge >= 0.3 is 0 Å². The largest absolute Gasteiger partial charge is 0.357 e. The van der Waals surface area contributed by atoms with Gasteiger partial charge in [-0.15, -0.1) is 10.2 Å². The van der Waals surface area contributed by atoms with Crippen LogP contribution in [-0.4, -0.2) is 16.2 Å². The summed E-state index contributed by atoms with van der Waals surface area (Å²) in [6.07, 6.45) is 6.95. The Morgan fingerprint density at radius 1 is 1.43 bits per heavy atom. The number of anilines is 1. The highest BCUT2D eigenvalue weighted by molar-refractivity contribution is 7.13. The van der Waals surface area contributed by atoms with Gasteiger partial charge in [-0.1, -0.05) is 30.6 Å². The third-order valence-corrected chi connectivity index (χ3v) is 3.69. The maximum Gasteiger partial charge on any atom is 0.205 e. The molecule has 4 heteroatoms. The van der Waals surface area contributed by atoms with Crippen LogP contribution >= 0.6 is 11.3 Å². The summed E-state index contributed by atoms with van der Waals surface area (Å²) < 4.78 is 0. The first kappa shape index (κ1) is 9.90. The highest BCUT2D eigenvalue weighted by Gasteiger charge is 2.20. The van der Waals surface area contributed by atoms with Gasteiger partial charge < -0.3 is 5.32 Å². The zero-order valence-electron chi connectivity index (χ0n) is 8.57. The molecule has 1 unspecified atom stereocenters. The topological polar surface area (TPSA) is 37.8 Å². The Labute approximate surface area is 88.9 Å². The van der Waals surface area contributed by atoms with Gasteiger partial charge in [-0.25, -0.2) is 0 Å². The van der Waals surface area contributed by atoms with E-state index in [1.165, 1.54) is 32.1 Å². The van der Waals surface area contributed by atoms with E-state index in [0.717, 1.165) is 11.0 Å². The molecular weight excluding hydrogens is 194 g/mol. The molecule has 1 aliphatic carbocycles. The van der Waals surface area contributed by atoms with Crippen molar-refractivity contribution in [3.8, 4) is 0 Å². The van der Waals surface area contributed by atoms with Gasteiger partial charge in [0, 0.05) is 6.04 Å². The van der Waals surface area contributed by atoms with Crippen molar-refractivity contribution < 1.29 is 0 Å². The van der Waals surface area contributed by atoms with Gasteiger partial charge in [0.05, 0.1) is 0 Å². The summed E-state index contributed by atoms with van der Waals surface area (Å²) in [5.74, 6) is 0.827. The van der Waals surface area contributed by atoms with E-state index < -0.39 is 0 Å². The highest BCUT2D eigenvalue weighted by atomic mass is 32.1. The molecule has 0 radical (unpaired) electrons. The predicted molar refractivity (Wildman–Crippen MR) is 59.6 cm³/mol. The van der Waals surface area contributed by atoms with Crippen LogP contribution < -0.4 is 5.32 Å². The van der Waals surface area contributed by atoms with Crippen molar-refractivity contribution in [1.29, 1.82) is 0 Å². The Morgan fingerprint density at radius 3 is 2.86 bits per heavy atom. The van der Waals surface area contributed by atoms with Crippen molar-refractivity contribution in [2.45, 2.75) is 45.1 Å². The predicted octanol–water partition coefficient (Wildman–Crippen LogP) is 2.92. The van der Waals surface area contributed by atoms with Crippen LogP contribution in [0.2, 0.25) is 0 Å². The number of aromatic nitrogens is 2. The molecule has 78 valence electrons. The fourth-order valence-electron chi connectivity index (χ4n) is 2.18. The molecule has 1 atom stereocenters. The van der Waals surface area contributed by atoms with E-state index in [4.69, 9.17) is 0 Å². The van der Waals surface area contributed by atoms with Crippen LogP contribution in [0, 0.1) is 5.92 Å². The molecular formula is C10H17N3S. The first-order valence-electron chi connectivity index (χ1n) is 5.39. The molecule has 0 aliphatic heterocycles. The molecule has 1 heterocycles. The molecule has 0 spiro atoms. The Morgan fingerprint density at radius 2 is 2.21 bits per heavy atom. The lowest BCUT2D eigenvalue weighted by Crippen LogP contribution is -2.27. The van der Waals surface area contributed by atoms with Crippen molar-refractivity contribution in [2.75, 3.05) is 5.32 Å². The first-order valence-corrected chi connectivity index (χ1v) is 6.27. The first-order chi connectivity index (χ1) is 6.86. The number of hydrogen-bond donors (Lipinski definition) is 1. The molecule has 1 saturated carbocycles. The van der Waals surface area contributed by atoms with Crippen LogP contribution in [0.25, 0.3) is 0 Å². The van der Waals surface area contributed by atoms with Crippen LogP contribution in [0.4, 0.5) is 5.13 Å². The van der Waals surface area contributed by atoms with E-state index in [2.05, 4.69) is 22.4 Å². The van der Waals surface area contributed by atoms with Gasteiger partial charge in [0.1, 0.15) is 5.51 Å². The molecule has 0 amide bonds. The SMILES string of the molecule is CC(Nc1nncs1)C1CCCCC1. The smallest absolute Gasteiger partial charge is 0.205 e. The summed E-state index contributed by atoms with van der Waals surface area (Å²) in [4.78, 5) is 0. The van der Waals surface area contributed by atoms with E-state index in [9.17, 15) is 0 Å². The van der Waals surface area contributed by atoms with Crippen LogP contribution in [0.5, 0.6) is 0 Å². The lowest BCUT2D eigenvalue weighted by atomic mass is 9.85. The molecule has 1 aliphatic rings. The Balaban J connectivity index is 1.85. The Hall–Kier alpha value is -0.640. The lowest BCUT2D eigenvalue weighted by Gasteiger charge is -2.27. The molecule has 1 aromatic heterocycles. The van der Waals surface area contributed by atoms with E-state index in [0.29, 0.717) is 6.04 Å². The fourth-order valence-corrected chi connectivity index (χ4v) is 2.73. The third kappa shape index (κ3) is 2.44. The van der Waals surface area contributed by atoms with Crippen LogP contribution in [0.1, 0.15) is 39.0 Å². The number of rotatable bonds is 3. The standard InChI is InChI=1S/C10H17N3S/c1-8(9-5-3-2-4-6-9)12-10-13-11-7-14-10/h7-9H,2-6H2,1H3,(H,12,13). The molecule has 0 aromatic carbocycles. The van der Waals surface area contributed by atoms with Gasteiger partial charge in [0.2, 0.25) is 5.13 Å². The highest BCUT2D eigenvalue weighted by Crippen LogP contribution is 2.28. The third-order valence-electron chi connectivity index (χ3n) is 3.07. The summed E-state index contributed by atoms with van der Waals surface area (Å²) in [6, 6.07) is 0.545. The van der Waals surface area contributed by atoms with Gasteiger partial charge in [0.25, 0.3) is 0 Å². The summed E-state index contributed by atoms with van der Waals surface area (Å²) in [7, 11) is 0. The lowest BCUT2D eigenvalue weighted by molar-refractivity contribution is 0.328. The minimum Gasteiger partial charge on any atom is -0.357 e. The van der Waals surface area contributed by atoms with Crippen molar-refractivity contribution in [2.24, 2.45) is 5.92 Å². The molecule has 14 heavy (non-hydrogen) atoms. The quantitative estimate of drug-likeness (QED) is 0.835. The van der Waals surface area contributed by atoms with E-state index in [-0.39, 0.29) is 0 Å². The van der Waals surface area contributed by atoms with E-state index >= 15 is 0 Å². The van der Waals surface area contributed by atoms with Gasteiger partial charge in [0.15, 0.2) is 0 Å². The van der Waals surface area contributed by atoms with Crippen molar-refractivity contribution in [3.05, 3.63) is 5.51 Å². The van der Waals surface area contributed by atoms with Crippen LogP contribution in [0.3, 0.4) is 0 Å². The molecule has 3 nitrogen and oxygen atoms in total. The summed E-state index contributed by atoms with van der Waals surface area (Å²) in [6.45, 7) is 2.26. The molecule has 1 N–H and O–H groups in total. The molecule has 1 fully saturated rings. The minimum atomic E-state index is 0.545. The maximum absolute atomic E-state index is 4.01. The molecule has 0 saturated heterocycles. The van der Waals surface area contributed by atoms with Gasteiger partial charge in [-0.3, -0.25) is 0 Å². The second-order valence-electron chi connectivity index (χ2n) is 4.07. The van der Waals surface area contributed by atoms with Crippen molar-refractivity contribution in [1.82, 2.24) is 10.2 Å². The van der Waals surface area contributed by atoms with Crippen molar-refractivity contribution in [3.63, 3.8) is 0 Å². The van der Waals surface area contributed by atoms with Crippen LogP contribution in [0.15, 0.2) is 5.51 Å². The number of hydrogen-bond acceptors (Lipinski definition) is 4. The number of nitrogens with zero attached hydrogens (tertiary/aromatic N) is 2. The fraction of sp³-hybridized carbons (Fsp3) is 0.800. The minimum absolute atomic E-state index is 0.545. The van der Waals surface area contributed by atoms with Crippen molar-refractivity contribution >= 4 is 16.5 Å². The second-order valence-corrected chi connectivity index (χ2v) is 4.91. The summed E-state index contributed by atoms with van der Waals surface area (Å²) in [5.41, 5.74) is 1.77. The van der Waals surface area contributed by atoms with Gasteiger partial charge in [-0.05, 0) is 25.7 Å². The summed E-state index contributed by atoms with van der Waals surface area (Å²) >= 11 is 1.58. The average molecular weight is 211 g/mol. The normalized spacial score (nSPS) is 20.6. The van der Waals surface area contributed by atoms with E-state index in [1.54, 1.807) is 16.8 Å². The zero-order chi connectivity index (χ0) is 9.80. The second kappa shape index (κ2) is 4.73. The maximum atomic E-state index is 4.01. The Kier molecular flexibility index (Phi) is 3.35. The van der Waals surface area contributed by atoms with Crippen LogP contribution in [-0.2, 0) is 0 Å². The Bertz CT molecular complexity index is 254. The molecule has 2 rings (SSSR count). The number of nitrogens with one attached hydrogen (secondary N) is 1. The molecule has 1 aromatic rings. The monoisotopic (exact) mass is 211 g/mol. The van der Waals surface area contributed by atoms with Gasteiger partial charge in [-0.2, -0.15) is 0 Å². The van der Waals surface area contributed by atoms with E-state index in [1.807, 2.05) is 0 Å².